The van der Waals surface area contributed by atoms with Gasteiger partial charge in [-0.2, -0.15) is 0 Å². The van der Waals surface area contributed by atoms with Crippen LogP contribution in [0.3, 0.4) is 0 Å². The number of nitrogens with zero attached hydrogens (tertiary/aromatic N) is 2. The summed E-state index contributed by atoms with van der Waals surface area (Å²) in [5.41, 5.74) is 0.844. The SMILES string of the molecule is CN(C)C(=O)c1ccc(NC2(C)CC2)nc1. The van der Waals surface area contributed by atoms with E-state index in [1.165, 1.54) is 12.8 Å². The van der Waals surface area contributed by atoms with Gasteiger partial charge in [-0.15, -0.1) is 0 Å². The standard InChI is InChI=1S/C12H17N3O/c1-12(6-7-12)14-10-5-4-9(8-13-10)11(16)15(2)3/h4-5,8H,6-7H2,1-3H3,(H,13,14). The molecule has 0 unspecified atom stereocenters. The van der Waals surface area contributed by atoms with Gasteiger partial charge in [-0.3, -0.25) is 4.79 Å². The molecule has 0 spiro atoms. The number of pyridine rings is 1. The summed E-state index contributed by atoms with van der Waals surface area (Å²) in [5, 5.41) is 3.35. The van der Waals surface area contributed by atoms with Crippen molar-refractivity contribution in [2.75, 3.05) is 19.4 Å². The van der Waals surface area contributed by atoms with Gasteiger partial charge in [-0.1, -0.05) is 0 Å². The molecule has 0 saturated heterocycles. The lowest BCUT2D eigenvalue weighted by molar-refractivity contribution is 0.0827. The number of hydrogen-bond donors (Lipinski definition) is 1. The van der Waals surface area contributed by atoms with Crippen LogP contribution in [-0.4, -0.2) is 35.4 Å². The van der Waals surface area contributed by atoms with E-state index in [2.05, 4.69) is 17.2 Å². The summed E-state index contributed by atoms with van der Waals surface area (Å²) in [6.45, 7) is 2.17. The van der Waals surface area contributed by atoms with Crippen molar-refractivity contribution < 1.29 is 4.79 Å². The molecule has 1 heterocycles. The first-order chi connectivity index (χ1) is 7.50. The summed E-state index contributed by atoms with van der Waals surface area (Å²) in [6, 6.07) is 3.67. The lowest BCUT2D eigenvalue weighted by Crippen LogP contribution is -2.22. The molecule has 1 aromatic rings. The third-order valence-electron chi connectivity index (χ3n) is 2.85. The highest BCUT2D eigenvalue weighted by atomic mass is 16.2. The van der Waals surface area contributed by atoms with E-state index in [4.69, 9.17) is 0 Å². The van der Waals surface area contributed by atoms with Gasteiger partial charge in [-0.05, 0) is 31.9 Å². The Bertz CT molecular complexity index is 393. The number of rotatable bonds is 3. The first-order valence-electron chi connectivity index (χ1n) is 5.46. The van der Waals surface area contributed by atoms with E-state index >= 15 is 0 Å². The zero-order chi connectivity index (χ0) is 11.8. The van der Waals surface area contributed by atoms with Crippen LogP contribution in [0, 0.1) is 0 Å². The average molecular weight is 219 g/mol. The van der Waals surface area contributed by atoms with Gasteiger partial charge < -0.3 is 10.2 Å². The van der Waals surface area contributed by atoms with E-state index in [-0.39, 0.29) is 11.4 Å². The average Bonchev–Trinajstić information content (AvgIpc) is 2.96. The van der Waals surface area contributed by atoms with Gasteiger partial charge in [0.15, 0.2) is 0 Å². The number of carbonyl (C=O) groups is 1. The van der Waals surface area contributed by atoms with Gasteiger partial charge in [0, 0.05) is 25.8 Å². The van der Waals surface area contributed by atoms with Gasteiger partial charge in [0.05, 0.1) is 5.56 Å². The Balaban J connectivity index is 2.07. The number of nitrogens with one attached hydrogen (secondary N) is 1. The van der Waals surface area contributed by atoms with Gasteiger partial charge in [0.1, 0.15) is 5.82 Å². The highest BCUT2D eigenvalue weighted by Crippen LogP contribution is 2.37. The second-order valence-corrected chi connectivity index (χ2v) is 4.82. The van der Waals surface area contributed by atoms with Crippen LogP contribution in [0.25, 0.3) is 0 Å². The van der Waals surface area contributed by atoms with Crippen molar-refractivity contribution in [3.05, 3.63) is 23.9 Å². The Morgan fingerprint density at radius 3 is 2.56 bits per heavy atom. The molecule has 86 valence electrons. The summed E-state index contributed by atoms with van der Waals surface area (Å²) in [4.78, 5) is 17.4. The molecule has 0 aromatic carbocycles. The minimum atomic E-state index is -0.0170. The summed E-state index contributed by atoms with van der Waals surface area (Å²) < 4.78 is 0. The maximum atomic E-state index is 11.6. The maximum Gasteiger partial charge on any atom is 0.254 e. The lowest BCUT2D eigenvalue weighted by Gasteiger charge is -2.13. The van der Waals surface area contributed by atoms with Crippen molar-refractivity contribution in [1.29, 1.82) is 0 Å². The lowest BCUT2D eigenvalue weighted by atomic mass is 10.2. The molecule has 2 rings (SSSR count). The first kappa shape index (κ1) is 10.9. The van der Waals surface area contributed by atoms with Crippen LogP contribution in [0.2, 0.25) is 0 Å². The van der Waals surface area contributed by atoms with Crippen molar-refractivity contribution in [2.24, 2.45) is 0 Å². The monoisotopic (exact) mass is 219 g/mol. The summed E-state index contributed by atoms with van der Waals surface area (Å²) >= 11 is 0. The van der Waals surface area contributed by atoms with Gasteiger partial charge in [0.2, 0.25) is 0 Å². The second-order valence-electron chi connectivity index (χ2n) is 4.82. The van der Waals surface area contributed by atoms with Crippen molar-refractivity contribution in [1.82, 2.24) is 9.88 Å². The van der Waals surface area contributed by atoms with Crippen LogP contribution in [0.5, 0.6) is 0 Å². The number of amides is 1. The smallest absolute Gasteiger partial charge is 0.254 e. The molecule has 1 aliphatic rings. The summed E-state index contributed by atoms with van der Waals surface area (Å²) in [6.07, 6.45) is 4.00. The maximum absolute atomic E-state index is 11.6. The summed E-state index contributed by atoms with van der Waals surface area (Å²) in [5.74, 6) is 0.826. The van der Waals surface area contributed by atoms with E-state index in [1.807, 2.05) is 12.1 Å². The minimum Gasteiger partial charge on any atom is -0.365 e. The predicted octanol–water partition coefficient (Wildman–Crippen LogP) is 1.75. The molecule has 0 bridgehead atoms. The largest absolute Gasteiger partial charge is 0.365 e. The third kappa shape index (κ3) is 2.32. The van der Waals surface area contributed by atoms with Crippen LogP contribution >= 0.6 is 0 Å². The highest BCUT2D eigenvalue weighted by molar-refractivity contribution is 5.93. The number of carbonyl (C=O) groups excluding carboxylic acids is 1. The quantitative estimate of drug-likeness (QED) is 0.842. The fourth-order valence-corrected chi connectivity index (χ4v) is 1.47. The normalized spacial score (nSPS) is 16.7. The summed E-state index contributed by atoms with van der Waals surface area (Å²) in [7, 11) is 3.47. The van der Waals surface area contributed by atoms with Crippen molar-refractivity contribution in [2.45, 2.75) is 25.3 Å². The topological polar surface area (TPSA) is 45.2 Å². The Hall–Kier alpha value is -1.58. The molecular formula is C12H17N3O. The van der Waals surface area contributed by atoms with Crippen molar-refractivity contribution in [3.63, 3.8) is 0 Å². The molecule has 0 atom stereocenters. The van der Waals surface area contributed by atoms with E-state index < -0.39 is 0 Å². The van der Waals surface area contributed by atoms with Crippen LogP contribution in [0.1, 0.15) is 30.1 Å². The van der Waals surface area contributed by atoms with Crippen molar-refractivity contribution >= 4 is 11.7 Å². The molecule has 1 aliphatic carbocycles. The van der Waals surface area contributed by atoms with Crippen LogP contribution in [0.4, 0.5) is 5.82 Å². The molecule has 0 radical (unpaired) electrons. The fourth-order valence-electron chi connectivity index (χ4n) is 1.47. The molecule has 1 amide bonds. The van der Waals surface area contributed by atoms with E-state index in [0.29, 0.717) is 5.56 Å². The first-order valence-corrected chi connectivity index (χ1v) is 5.46. The van der Waals surface area contributed by atoms with Crippen molar-refractivity contribution in [3.8, 4) is 0 Å². The molecule has 4 nitrogen and oxygen atoms in total. The van der Waals surface area contributed by atoms with Crippen LogP contribution in [0.15, 0.2) is 18.3 Å². The van der Waals surface area contributed by atoms with E-state index in [9.17, 15) is 4.79 Å². The van der Waals surface area contributed by atoms with E-state index in [0.717, 1.165) is 5.82 Å². The predicted molar refractivity (Wildman–Crippen MR) is 63.5 cm³/mol. The zero-order valence-corrected chi connectivity index (χ0v) is 9.95. The van der Waals surface area contributed by atoms with E-state index in [1.54, 1.807) is 25.2 Å². The molecule has 4 heteroatoms. The third-order valence-corrected chi connectivity index (χ3v) is 2.85. The fraction of sp³-hybridized carbons (Fsp3) is 0.500. The molecule has 1 aromatic heterocycles. The Morgan fingerprint density at radius 2 is 2.12 bits per heavy atom. The number of anilines is 1. The second kappa shape index (κ2) is 3.77. The molecule has 1 fully saturated rings. The van der Waals surface area contributed by atoms with Gasteiger partial charge in [-0.25, -0.2) is 4.98 Å². The Morgan fingerprint density at radius 1 is 1.44 bits per heavy atom. The van der Waals surface area contributed by atoms with Crippen LogP contribution < -0.4 is 5.32 Å². The number of aromatic nitrogens is 1. The molecule has 1 saturated carbocycles. The highest BCUT2D eigenvalue weighted by Gasteiger charge is 2.37. The zero-order valence-electron chi connectivity index (χ0n) is 9.95. The minimum absolute atomic E-state index is 0.0170. The Kier molecular flexibility index (Phi) is 2.58. The number of hydrogen-bond acceptors (Lipinski definition) is 3. The Labute approximate surface area is 95.7 Å². The molecular weight excluding hydrogens is 202 g/mol. The molecule has 16 heavy (non-hydrogen) atoms. The molecule has 0 aliphatic heterocycles. The van der Waals surface area contributed by atoms with Gasteiger partial charge in [0.25, 0.3) is 5.91 Å². The van der Waals surface area contributed by atoms with Gasteiger partial charge >= 0.3 is 0 Å². The molecule has 1 N–H and O–H groups in total. The van der Waals surface area contributed by atoms with Crippen LogP contribution in [-0.2, 0) is 0 Å².